The number of hydrogen-bond donors (Lipinski definition) is 2. The van der Waals surface area contributed by atoms with Crippen molar-refractivity contribution in [2.45, 2.75) is 25.1 Å². The first-order chi connectivity index (χ1) is 11.5. The molecule has 1 fully saturated rings. The highest BCUT2D eigenvalue weighted by molar-refractivity contribution is 5.42. The molecule has 1 saturated heterocycles. The van der Waals surface area contributed by atoms with Crippen molar-refractivity contribution in [3.05, 3.63) is 29.3 Å². The Kier molecular flexibility index (Phi) is 10.9. The van der Waals surface area contributed by atoms with Crippen LogP contribution in [0.1, 0.15) is 23.5 Å². The lowest BCUT2D eigenvalue weighted by Crippen LogP contribution is -2.81. The number of alkyl halides is 3. The molecule has 0 aliphatic carbocycles. The number of rotatable bonds is 5. The summed E-state index contributed by atoms with van der Waals surface area (Å²) in [6.07, 6.45) is 4.70. The van der Waals surface area contributed by atoms with Gasteiger partial charge in [0.05, 0.1) is 19.7 Å². The van der Waals surface area contributed by atoms with Crippen LogP contribution in [0, 0.1) is 12.8 Å². The molecule has 1 aromatic rings. The SMILES string of the molecule is C#C.CO.COCc1c(OCC(F)(F)F)cccc1[C@H]1CC[NH2+]C1. The van der Waals surface area contributed by atoms with Crippen LogP contribution in [-0.4, -0.2) is 45.2 Å². The summed E-state index contributed by atoms with van der Waals surface area (Å²) in [7, 11) is 2.53. The van der Waals surface area contributed by atoms with Gasteiger partial charge < -0.3 is 19.9 Å². The van der Waals surface area contributed by atoms with Crippen LogP contribution < -0.4 is 10.1 Å². The van der Waals surface area contributed by atoms with Crippen molar-refractivity contribution >= 4 is 0 Å². The predicted octanol–water partition coefficient (Wildman–Crippen LogP) is 1.68. The van der Waals surface area contributed by atoms with Crippen LogP contribution in [0.15, 0.2) is 18.2 Å². The zero-order valence-electron chi connectivity index (χ0n) is 14.0. The van der Waals surface area contributed by atoms with Crippen LogP contribution >= 0.6 is 0 Å². The highest BCUT2D eigenvalue weighted by Crippen LogP contribution is 2.31. The second-order valence-corrected chi connectivity index (χ2v) is 4.96. The summed E-state index contributed by atoms with van der Waals surface area (Å²) in [5.74, 6) is 0.628. The Labute approximate surface area is 141 Å². The third kappa shape index (κ3) is 7.21. The average Bonchev–Trinajstić information content (AvgIpc) is 3.11. The normalized spacial score (nSPS) is 16.4. The zero-order chi connectivity index (χ0) is 18.6. The summed E-state index contributed by atoms with van der Waals surface area (Å²) in [6, 6.07) is 5.28. The molecule has 0 spiro atoms. The maximum atomic E-state index is 12.3. The van der Waals surface area contributed by atoms with Crippen molar-refractivity contribution in [1.82, 2.24) is 0 Å². The van der Waals surface area contributed by atoms with E-state index in [2.05, 4.69) is 18.2 Å². The van der Waals surface area contributed by atoms with Crippen LogP contribution in [0.3, 0.4) is 0 Å². The number of nitrogens with two attached hydrogens (primary N) is 1. The Bertz CT molecular complexity index is 484. The van der Waals surface area contributed by atoms with E-state index in [0.717, 1.165) is 37.7 Å². The number of hydrogen-bond acceptors (Lipinski definition) is 3. The number of methoxy groups -OCH3 is 1. The minimum Gasteiger partial charge on any atom is -0.484 e. The predicted molar refractivity (Wildman–Crippen MR) is 85.8 cm³/mol. The molecule has 0 amide bonds. The third-order valence-corrected chi connectivity index (χ3v) is 3.46. The molecule has 0 saturated carbocycles. The highest BCUT2D eigenvalue weighted by atomic mass is 19.4. The minimum atomic E-state index is -4.33. The van der Waals surface area contributed by atoms with Gasteiger partial charge in [0.15, 0.2) is 6.61 Å². The highest BCUT2D eigenvalue weighted by Gasteiger charge is 2.30. The van der Waals surface area contributed by atoms with E-state index >= 15 is 0 Å². The standard InChI is InChI=1S/C14H18F3NO2.C2H2.CH4O/c1-19-8-12-11(10-5-6-18-7-10)3-2-4-13(12)20-9-14(15,16)17;2*1-2/h2-4,10,18H,5-9H2,1H3;1-2H;2H,1H3/p+1/t10-;;/m0../s1. The van der Waals surface area contributed by atoms with Gasteiger partial charge in [0.2, 0.25) is 0 Å². The molecular formula is C17H25F3NO3+. The Hall–Kier alpha value is -1.75. The molecule has 136 valence electrons. The molecule has 1 aliphatic rings. The summed E-state index contributed by atoms with van der Waals surface area (Å²) < 4.78 is 47.0. The molecule has 2 rings (SSSR count). The zero-order valence-corrected chi connectivity index (χ0v) is 14.0. The number of halogens is 3. The second-order valence-electron chi connectivity index (χ2n) is 4.96. The number of aliphatic hydroxyl groups is 1. The van der Waals surface area contributed by atoms with E-state index in [0.29, 0.717) is 5.92 Å². The fourth-order valence-electron chi connectivity index (χ4n) is 2.60. The van der Waals surface area contributed by atoms with Gasteiger partial charge in [-0.15, -0.1) is 12.8 Å². The molecule has 0 unspecified atom stereocenters. The quantitative estimate of drug-likeness (QED) is 0.796. The van der Waals surface area contributed by atoms with Crippen molar-refractivity contribution < 1.29 is 33.1 Å². The first-order valence-electron chi connectivity index (χ1n) is 7.41. The van der Waals surface area contributed by atoms with Gasteiger partial charge in [0, 0.05) is 32.1 Å². The van der Waals surface area contributed by atoms with Gasteiger partial charge in [-0.05, 0) is 11.6 Å². The second kappa shape index (κ2) is 11.7. The van der Waals surface area contributed by atoms with Crippen LogP contribution in [0.4, 0.5) is 13.2 Å². The molecular weight excluding hydrogens is 323 g/mol. The molecule has 1 atom stereocenters. The molecule has 0 bridgehead atoms. The summed E-state index contributed by atoms with van der Waals surface area (Å²) in [6.45, 7) is 0.994. The smallest absolute Gasteiger partial charge is 0.422 e. The minimum absolute atomic E-state index is 0.264. The Morgan fingerprint density at radius 3 is 2.46 bits per heavy atom. The molecule has 24 heavy (non-hydrogen) atoms. The molecule has 4 nitrogen and oxygen atoms in total. The van der Waals surface area contributed by atoms with Crippen molar-refractivity contribution in [3.63, 3.8) is 0 Å². The number of quaternary nitrogens is 1. The maximum Gasteiger partial charge on any atom is 0.422 e. The molecule has 7 heteroatoms. The number of benzene rings is 1. The van der Waals surface area contributed by atoms with Gasteiger partial charge in [-0.25, -0.2) is 0 Å². The van der Waals surface area contributed by atoms with Crippen LogP contribution in [-0.2, 0) is 11.3 Å². The van der Waals surface area contributed by atoms with E-state index < -0.39 is 12.8 Å². The van der Waals surface area contributed by atoms with Crippen molar-refractivity contribution in [2.24, 2.45) is 0 Å². The molecule has 0 aromatic heterocycles. The van der Waals surface area contributed by atoms with Crippen molar-refractivity contribution in [3.8, 4) is 18.6 Å². The first kappa shape index (κ1) is 22.2. The average molecular weight is 348 g/mol. The van der Waals surface area contributed by atoms with Gasteiger partial charge in [0.1, 0.15) is 5.75 Å². The number of terminal acetylenes is 1. The van der Waals surface area contributed by atoms with Gasteiger partial charge in [-0.1, -0.05) is 12.1 Å². The van der Waals surface area contributed by atoms with Crippen LogP contribution in [0.25, 0.3) is 0 Å². The largest absolute Gasteiger partial charge is 0.484 e. The van der Waals surface area contributed by atoms with E-state index in [1.165, 1.54) is 7.11 Å². The molecule has 0 radical (unpaired) electrons. The summed E-state index contributed by atoms with van der Waals surface area (Å²) in [4.78, 5) is 0. The van der Waals surface area contributed by atoms with Crippen LogP contribution in [0.5, 0.6) is 5.75 Å². The van der Waals surface area contributed by atoms with E-state index in [1.54, 1.807) is 12.1 Å². The number of ether oxygens (including phenoxy) is 2. The monoisotopic (exact) mass is 348 g/mol. The molecule has 1 aliphatic heterocycles. The molecule has 1 heterocycles. The van der Waals surface area contributed by atoms with Gasteiger partial charge in [0.25, 0.3) is 0 Å². The topological polar surface area (TPSA) is 55.3 Å². The summed E-state index contributed by atoms with van der Waals surface area (Å²) >= 11 is 0. The van der Waals surface area contributed by atoms with Crippen LogP contribution in [0.2, 0.25) is 0 Å². The Morgan fingerprint density at radius 2 is 1.96 bits per heavy atom. The van der Waals surface area contributed by atoms with E-state index in [9.17, 15) is 13.2 Å². The van der Waals surface area contributed by atoms with E-state index in [4.69, 9.17) is 14.6 Å². The summed E-state index contributed by atoms with van der Waals surface area (Å²) in [5.41, 5.74) is 1.78. The van der Waals surface area contributed by atoms with Crippen molar-refractivity contribution in [2.75, 3.05) is 33.9 Å². The maximum absolute atomic E-state index is 12.3. The van der Waals surface area contributed by atoms with Gasteiger partial charge in [-0.3, -0.25) is 0 Å². The molecule has 3 N–H and O–H groups in total. The molecule has 1 aromatic carbocycles. The Balaban J connectivity index is 0.00000123. The van der Waals surface area contributed by atoms with Gasteiger partial charge >= 0.3 is 6.18 Å². The Morgan fingerprint density at radius 1 is 1.29 bits per heavy atom. The fraction of sp³-hybridized carbons (Fsp3) is 0.529. The lowest BCUT2D eigenvalue weighted by Gasteiger charge is -2.18. The third-order valence-electron chi connectivity index (χ3n) is 3.46. The lowest BCUT2D eigenvalue weighted by molar-refractivity contribution is -0.636. The number of aliphatic hydroxyl groups excluding tert-OH is 1. The summed E-state index contributed by atoms with van der Waals surface area (Å²) in [5, 5.41) is 9.21. The fourth-order valence-corrected chi connectivity index (χ4v) is 2.60. The van der Waals surface area contributed by atoms with E-state index in [-0.39, 0.29) is 12.4 Å². The van der Waals surface area contributed by atoms with Gasteiger partial charge in [-0.2, -0.15) is 13.2 Å². The van der Waals surface area contributed by atoms with Crippen molar-refractivity contribution in [1.29, 1.82) is 0 Å². The first-order valence-corrected chi connectivity index (χ1v) is 7.41. The van der Waals surface area contributed by atoms with E-state index in [1.807, 2.05) is 6.07 Å². The lowest BCUT2D eigenvalue weighted by atomic mass is 9.93.